The van der Waals surface area contributed by atoms with Gasteiger partial charge in [0.25, 0.3) is 0 Å². The van der Waals surface area contributed by atoms with Crippen molar-refractivity contribution < 1.29 is 9.84 Å². The molecule has 4 nitrogen and oxygen atoms in total. The third kappa shape index (κ3) is 2.74. The Hall–Kier alpha value is -0.160. The van der Waals surface area contributed by atoms with Crippen molar-refractivity contribution in [2.75, 3.05) is 32.8 Å². The van der Waals surface area contributed by atoms with E-state index in [0.717, 1.165) is 26.2 Å². The lowest BCUT2D eigenvalue weighted by atomic mass is 9.96. The molecule has 4 heteroatoms. The maximum Gasteiger partial charge on any atom is 0.0703 e. The van der Waals surface area contributed by atoms with E-state index < -0.39 is 0 Å². The summed E-state index contributed by atoms with van der Waals surface area (Å²) >= 11 is 0. The van der Waals surface area contributed by atoms with Gasteiger partial charge in [0.15, 0.2) is 0 Å². The van der Waals surface area contributed by atoms with Crippen LogP contribution < -0.4 is 5.32 Å². The number of rotatable bonds is 3. The van der Waals surface area contributed by atoms with Crippen LogP contribution in [0.3, 0.4) is 0 Å². The minimum atomic E-state index is 0.164. The summed E-state index contributed by atoms with van der Waals surface area (Å²) in [5, 5.41) is 12.6. The SMILES string of the molecule is CC1(C)CNC(CO)CN1CC1CCCO1. The number of hydrogen-bond acceptors (Lipinski definition) is 4. The monoisotopic (exact) mass is 228 g/mol. The summed E-state index contributed by atoms with van der Waals surface area (Å²) < 4.78 is 5.69. The topological polar surface area (TPSA) is 44.7 Å². The molecule has 2 atom stereocenters. The van der Waals surface area contributed by atoms with Gasteiger partial charge in [-0.15, -0.1) is 0 Å². The van der Waals surface area contributed by atoms with E-state index in [4.69, 9.17) is 4.74 Å². The molecule has 2 saturated heterocycles. The molecule has 0 aliphatic carbocycles. The van der Waals surface area contributed by atoms with Crippen molar-refractivity contribution in [3.63, 3.8) is 0 Å². The summed E-state index contributed by atoms with van der Waals surface area (Å²) in [6.45, 7) is 8.50. The van der Waals surface area contributed by atoms with Gasteiger partial charge in [0, 0.05) is 37.8 Å². The van der Waals surface area contributed by atoms with Gasteiger partial charge < -0.3 is 15.2 Å². The van der Waals surface area contributed by atoms with Crippen LogP contribution in [0.15, 0.2) is 0 Å². The summed E-state index contributed by atoms with van der Waals surface area (Å²) in [5.41, 5.74) is 0.164. The number of hydrogen-bond donors (Lipinski definition) is 2. The minimum absolute atomic E-state index is 0.164. The quantitative estimate of drug-likeness (QED) is 0.725. The highest BCUT2D eigenvalue weighted by Crippen LogP contribution is 2.22. The highest BCUT2D eigenvalue weighted by Gasteiger charge is 2.35. The van der Waals surface area contributed by atoms with Crippen molar-refractivity contribution in [3.05, 3.63) is 0 Å². The lowest BCUT2D eigenvalue weighted by Gasteiger charge is -2.46. The number of aliphatic hydroxyl groups is 1. The van der Waals surface area contributed by atoms with Gasteiger partial charge in [-0.3, -0.25) is 4.90 Å². The van der Waals surface area contributed by atoms with Crippen molar-refractivity contribution in [2.45, 2.75) is 44.4 Å². The van der Waals surface area contributed by atoms with Gasteiger partial charge in [-0.1, -0.05) is 0 Å². The second-order valence-electron chi connectivity index (χ2n) is 5.61. The van der Waals surface area contributed by atoms with Crippen LogP contribution in [0.5, 0.6) is 0 Å². The third-order valence-electron chi connectivity index (χ3n) is 3.79. The maximum atomic E-state index is 9.22. The molecule has 0 amide bonds. The zero-order valence-corrected chi connectivity index (χ0v) is 10.4. The molecule has 2 aliphatic heterocycles. The molecule has 0 aromatic rings. The molecule has 2 fully saturated rings. The molecule has 0 aromatic heterocycles. The van der Waals surface area contributed by atoms with Crippen LogP contribution in [0.1, 0.15) is 26.7 Å². The number of piperazine rings is 1. The Morgan fingerprint density at radius 3 is 2.94 bits per heavy atom. The number of nitrogens with one attached hydrogen (secondary N) is 1. The molecule has 16 heavy (non-hydrogen) atoms. The summed E-state index contributed by atoms with van der Waals surface area (Å²) in [6.07, 6.45) is 2.78. The van der Waals surface area contributed by atoms with Crippen LogP contribution in [0.2, 0.25) is 0 Å². The van der Waals surface area contributed by atoms with E-state index in [2.05, 4.69) is 24.1 Å². The molecule has 0 spiro atoms. The molecular formula is C12H24N2O2. The first-order chi connectivity index (χ1) is 7.62. The Morgan fingerprint density at radius 2 is 2.31 bits per heavy atom. The first-order valence-electron chi connectivity index (χ1n) is 6.33. The lowest BCUT2D eigenvalue weighted by Crippen LogP contribution is -2.63. The second-order valence-corrected chi connectivity index (χ2v) is 5.61. The number of ether oxygens (including phenoxy) is 1. The van der Waals surface area contributed by atoms with Gasteiger partial charge in [0.1, 0.15) is 0 Å². The zero-order chi connectivity index (χ0) is 11.6. The van der Waals surface area contributed by atoms with Gasteiger partial charge in [-0.25, -0.2) is 0 Å². The highest BCUT2D eigenvalue weighted by molar-refractivity contribution is 4.93. The van der Waals surface area contributed by atoms with Crippen molar-refractivity contribution >= 4 is 0 Å². The minimum Gasteiger partial charge on any atom is -0.395 e. The van der Waals surface area contributed by atoms with Gasteiger partial charge >= 0.3 is 0 Å². The number of aliphatic hydroxyl groups excluding tert-OH is 1. The zero-order valence-electron chi connectivity index (χ0n) is 10.4. The predicted octanol–water partition coefficient (Wildman–Crippen LogP) is 0.210. The molecule has 0 aromatic carbocycles. The molecule has 2 rings (SSSR count). The molecule has 0 radical (unpaired) electrons. The first-order valence-corrected chi connectivity index (χ1v) is 6.33. The fourth-order valence-electron chi connectivity index (χ4n) is 2.56. The fourth-order valence-corrected chi connectivity index (χ4v) is 2.56. The van der Waals surface area contributed by atoms with Crippen LogP contribution in [-0.4, -0.2) is 60.5 Å². The smallest absolute Gasteiger partial charge is 0.0703 e. The Balaban J connectivity index is 1.92. The molecule has 2 N–H and O–H groups in total. The van der Waals surface area contributed by atoms with Crippen molar-refractivity contribution in [3.8, 4) is 0 Å². The van der Waals surface area contributed by atoms with E-state index in [1.807, 2.05) is 0 Å². The second kappa shape index (κ2) is 5.00. The van der Waals surface area contributed by atoms with Gasteiger partial charge in [-0.05, 0) is 26.7 Å². The van der Waals surface area contributed by atoms with E-state index in [9.17, 15) is 5.11 Å². The lowest BCUT2D eigenvalue weighted by molar-refractivity contribution is 0.000589. The largest absolute Gasteiger partial charge is 0.395 e. The van der Waals surface area contributed by atoms with Crippen LogP contribution in [0, 0.1) is 0 Å². The summed E-state index contributed by atoms with van der Waals surface area (Å²) in [5.74, 6) is 0. The van der Waals surface area contributed by atoms with Crippen LogP contribution >= 0.6 is 0 Å². The average Bonchev–Trinajstić information content (AvgIpc) is 2.74. The van der Waals surface area contributed by atoms with E-state index in [-0.39, 0.29) is 18.2 Å². The van der Waals surface area contributed by atoms with Gasteiger partial charge in [-0.2, -0.15) is 0 Å². The molecule has 0 bridgehead atoms. The van der Waals surface area contributed by atoms with E-state index in [0.29, 0.717) is 6.10 Å². The Labute approximate surface area is 98.0 Å². The Morgan fingerprint density at radius 1 is 1.50 bits per heavy atom. The predicted molar refractivity (Wildman–Crippen MR) is 63.5 cm³/mol. The number of nitrogens with zero attached hydrogens (tertiary/aromatic N) is 1. The molecule has 2 unspecified atom stereocenters. The molecule has 2 aliphatic rings. The molecular weight excluding hydrogens is 204 g/mol. The maximum absolute atomic E-state index is 9.22. The van der Waals surface area contributed by atoms with Crippen LogP contribution in [0.4, 0.5) is 0 Å². The van der Waals surface area contributed by atoms with Gasteiger partial charge in [0.2, 0.25) is 0 Å². The normalized spacial score (nSPS) is 35.4. The van der Waals surface area contributed by atoms with E-state index in [1.54, 1.807) is 0 Å². The van der Waals surface area contributed by atoms with E-state index >= 15 is 0 Å². The van der Waals surface area contributed by atoms with Gasteiger partial charge in [0.05, 0.1) is 12.7 Å². The molecule has 0 saturated carbocycles. The van der Waals surface area contributed by atoms with Crippen molar-refractivity contribution in [2.24, 2.45) is 0 Å². The third-order valence-corrected chi connectivity index (χ3v) is 3.79. The standard InChI is InChI=1S/C12H24N2O2/c1-12(2)9-13-10(8-15)6-14(12)7-11-4-3-5-16-11/h10-11,13,15H,3-9H2,1-2H3. The first kappa shape index (κ1) is 12.3. The van der Waals surface area contributed by atoms with Crippen molar-refractivity contribution in [1.29, 1.82) is 0 Å². The summed E-state index contributed by atoms with van der Waals surface area (Å²) in [7, 11) is 0. The summed E-state index contributed by atoms with van der Waals surface area (Å²) in [6, 6.07) is 0.217. The Kier molecular flexibility index (Phi) is 3.85. The van der Waals surface area contributed by atoms with Crippen molar-refractivity contribution in [1.82, 2.24) is 10.2 Å². The molecule has 94 valence electrons. The fraction of sp³-hybridized carbons (Fsp3) is 1.00. The Bertz CT molecular complexity index is 227. The highest BCUT2D eigenvalue weighted by atomic mass is 16.5. The molecule has 2 heterocycles. The summed E-state index contributed by atoms with van der Waals surface area (Å²) in [4.78, 5) is 2.46. The van der Waals surface area contributed by atoms with Crippen LogP contribution in [-0.2, 0) is 4.74 Å². The van der Waals surface area contributed by atoms with Crippen LogP contribution in [0.25, 0.3) is 0 Å². The van der Waals surface area contributed by atoms with E-state index in [1.165, 1.54) is 12.8 Å². The average molecular weight is 228 g/mol.